The molecule has 2 aromatic heterocycles. The quantitative estimate of drug-likeness (QED) is 0.526. The minimum absolute atomic E-state index is 0.0318. The van der Waals surface area contributed by atoms with Crippen LogP contribution in [0.15, 0.2) is 53.5 Å². The first kappa shape index (κ1) is 15.8. The van der Waals surface area contributed by atoms with E-state index in [0.717, 1.165) is 11.1 Å². The van der Waals surface area contributed by atoms with Gasteiger partial charge in [-0.15, -0.1) is 0 Å². The van der Waals surface area contributed by atoms with Crippen molar-refractivity contribution in [2.45, 2.75) is 12.3 Å². The summed E-state index contributed by atoms with van der Waals surface area (Å²) in [6.45, 7) is 0. The van der Waals surface area contributed by atoms with Gasteiger partial charge in [0.1, 0.15) is 11.6 Å². The highest BCUT2D eigenvalue weighted by Gasteiger charge is 2.34. The first-order valence-corrected chi connectivity index (χ1v) is 8.63. The van der Waals surface area contributed by atoms with Crippen LogP contribution in [0.1, 0.15) is 23.5 Å². The summed E-state index contributed by atoms with van der Waals surface area (Å²) in [5.41, 5.74) is 2.38. The van der Waals surface area contributed by atoms with Gasteiger partial charge in [0.15, 0.2) is 0 Å². The van der Waals surface area contributed by atoms with E-state index in [1.165, 1.54) is 12.1 Å². The molecule has 0 saturated heterocycles. The number of H-pyrrole nitrogens is 1. The molecule has 3 heterocycles. The third kappa shape index (κ3) is 2.23. The van der Waals surface area contributed by atoms with Gasteiger partial charge in [0.2, 0.25) is 0 Å². The zero-order valence-corrected chi connectivity index (χ0v) is 14.5. The zero-order valence-electron chi connectivity index (χ0n) is 14.5. The van der Waals surface area contributed by atoms with Gasteiger partial charge in [-0.05, 0) is 35.9 Å². The largest absolute Gasteiger partial charge is 0.425 e. The fraction of sp³-hybridized carbons (Fsp3) is 0.143. The van der Waals surface area contributed by atoms with E-state index in [9.17, 15) is 14.0 Å². The van der Waals surface area contributed by atoms with Crippen LogP contribution in [-0.2, 0) is 11.8 Å². The standard InChI is InChI=1S/C21H15FN2O3/c1-24-17-5-3-2-4-12(17)20-19(21(24)26)14(9-18(25)27-20)15-10-23-16-7-6-11(22)8-13(15)16/h2-8,10,14,23H,9H2,1H3. The molecular formula is C21H15FN2O3. The smallest absolute Gasteiger partial charge is 0.312 e. The second kappa shape index (κ2) is 5.54. The van der Waals surface area contributed by atoms with Crippen molar-refractivity contribution in [3.8, 4) is 5.75 Å². The molecule has 1 unspecified atom stereocenters. The van der Waals surface area contributed by atoms with Crippen molar-refractivity contribution in [2.24, 2.45) is 7.05 Å². The number of carbonyl (C=O) groups is 1. The molecule has 0 fully saturated rings. The molecular weight excluding hydrogens is 347 g/mol. The summed E-state index contributed by atoms with van der Waals surface area (Å²) < 4.78 is 20.9. The maximum atomic E-state index is 13.8. The lowest BCUT2D eigenvalue weighted by atomic mass is 9.86. The number of nitrogens with zero attached hydrogens (tertiary/aromatic N) is 1. The Labute approximate surface area is 153 Å². The number of benzene rings is 2. The maximum absolute atomic E-state index is 13.8. The number of ether oxygens (including phenoxy) is 1. The van der Waals surface area contributed by atoms with Gasteiger partial charge in [-0.2, -0.15) is 0 Å². The van der Waals surface area contributed by atoms with E-state index in [2.05, 4.69) is 4.98 Å². The van der Waals surface area contributed by atoms with Gasteiger partial charge < -0.3 is 14.3 Å². The van der Waals surface area contributed by atoms with Crippen LogP contribution in [0.25, 0.3) is 21.8 Å². The van der Waals surface area contributed by atoms with E-state index in [4.69, 9.17) is 4.74 Å². The van der Waals surface area contributed by atoms with Crippen LogP contribution in [0, 0.1) is 5.82 Å². The summed E-state index contributed by atoms with van der Waals surface area (Å²) in [4.78, 5) is 28.6. The number of nitrogens with one attached hydrogen (secondary N) is 1. The van der Waals surface area contributed by atoms with E-state index < -0.39 is 11.9 Å². The van der Waals surface area contributed by atoms with Crippen molar-refractivity contribution in [2.75, 3.05) is 0 Å². The molecule has 0 aliphatic carbocycles. The van der Waals surface area contributed by atoms with Crippen molar-refractivity contribution in [3.05, 3.63) is 76.0 Å². The van der Waals surface area contributed by atoms with E-state index in [-0.39, 0.29) is 17.8 Å². The van der Waals surface area contributed by atoms with E-state index in [0.29, 0.717) is 27.6 Å². The molecule has 0 saturated carbocycles. The van der Waals surface area contributed by atoms with Crippen LogP contribution in [0.3, 0.4) is 0 Å². The van der Waals surface area contributed by atoms with Crippen LogP contribution < -0.4 is 10.3 Å². The summed E-state index contributed by atoms with van der Waals surface area (Å²) in [6, 6.07) is 11.8. The molecule has 1 N–H and O–H groups in total. The number of fused-ring (bicyclic) bond motifs is 4. The van der Waals surface area contributed by atoms with Gasteiger partial charge in [-0.3, -0.25) is 9.59 Å². The molecule has 2 aromatic carbocycles. The molecule has 4 aromatic rings. The first-order chi connectivity index (χ1) is 13.0. The summed E-state index contributed by atoms with van der Waals surface area (Å²) >= 11 is 0. The SMILES string of the molecule is Cn1c(=O)c2c(c3ccccc31)OC(=O)CC2c1c[nH]c2ccc(F)cc12. The van der Waals surface area contributed by atoms with Crippen LogP contribution in [0.2, 0.25) is 0 Å². The van der Waals surface area contributed by atoms with Crippen LogP contribution in [0.4, 0.5) is 4.39 Å². The molecule has 6 heteroatoms. The summed E-state index contributed by atoms with van der Waals surface area (Å²) in [6.07, 6.45) is 1.77. The molecule has 0 bridgehead atoms. The van der Waals surface area contributed by atoms with Crippen LogP contribution in [-0.4, -0.2) is 15.5 Å². The molecule has 5 rings (SSSR count). The van der Waals surface area contributed by atoms with Crippen molar-refractivity contribution >= 4 is 27.8 Å². The number of aromatic amines is 1. The minimum Gasteiger partial charge on any atom is -0.425 e. The van der Waals surface area contributed by atoms with Crippen molar-refractivity contribution in [3.63, 3.8) is 0 Å². The van der Waals surface area contributed by atoms with E-state index in [1.54, 1.807) is 23.9 Å². The highest BCUT2D eigenvalue weighted by molar-refractivity contribution is 5.93. The first-order valence-electron chi connectivity index (χ1n) is 8.63. The lowest BCUT2D eigenvalue weighted by molar-refractivity contribution is -0.135. The van der Waals surface area contributed by atoms with Gasteiger partial charge in [0, 0.05) is 35.5 Å². The molecule has 0 amide bonds. The predicted molar refractivity (Wildman–Crippen MR) is 99.5 cm³/mol. The molecule has 1 atom stereocenters. The highest BCUT2D eigenvalue weighted by Crippen LogP contribution is 2.42. The number of hydrogen-bond acceptors (Lipinski definition) is 3. The molecule has 1 aliphatic rings. The van der Waals surface area contributed by atoms with E-state index in [1.807, 2.05) is 24.3 Å². The van der Waals surface area contributed by atoms with Crippen molar-refractivity contribution < 1.29 is 13.9 Å². The monoisotopic (exact) mass is 362 g/mol. The lowest BCUT2D eigenvalue weighted by Gasteiger charge is -2.26. The molecule has 0 spiro atoms. The summed E-state index contributed by atoms with van der Waals surface area (Å²) in [5.74, 6) is -0.967. The molecule has 5 nitrogen and oxygen atoms in total. The predicted octanol–water partition coefficient (Wildman–Crippen LogP) is 3.60. The number of rotatable bonds is 1. The Morgan fingerprint density at radius 3 is 2.81 bits per heavy atom. The Morgan fingerprint density at radius 2 is 1.96 bits per heavy atom. The number of para-hydroxylation sites is 1. The average Bonchev–Trinajstić information content (AvgIpc) is 3.08. The lowest BCUT2D eigenvalue weighted by Crippen LogP contribution is -2.31. The van der Waals surface area contributed by atoms with Gasteiger partial charge >= 0.3 is 5.97 Å². The maximum Gasteiger partial charge on any atom is 0.312 e. The number of aromatic nitrogens is 2. The van der Waals surface area contributed by atoms with Gasteiger partial charge in [0.25, 0.3) is 5.56 Å². The normalized spacial score (nSPS) is 16.5. The number of hydrogen-bond donors (Lipinski definition) is 1. The number of halogens is 1. The third-order valence-electron chi connectivity index (χ3n) is 5.28. The van der Waals surface area contributed by atoms with Crippen molar-refractivity contribution in [1.82, 2.24) is 9.55 Å². The molecule has 1 aliphatic heterocycles. The van der Waals surface area contributed by atoms with Gasteiger partial charge in [-0.25, -0.2) is 4.39 Å². The Balaban J connectivity index is 1.86. The fourth-order valence-electron chi connectivity index (χ4n) is 4.00. The van der Waals surface area contributed by atoms with Crippen LogP contribution >= 0.6 is 0 Å². The Kier molecular flexibility index (Phi) is 3.25. The Bertz CT molecular complexity index is 1300. The highest BCUT2D eigenvalue weighted by atomic mass is 19.1. The topological polar surface area (TPSA) is 64.1 Å². The Morgan fingerprint density at radius 1 is 1.15 bits per heavy atom. The molecule has 134 valence electrons. The van der Waals surface area contributed by atoms with E-state index >= 15 is 0 Å². The summed E-state index contributed by atoms with van der Waals surface area (Å²) in [5, 5.41) is 1.37. The zero-order chi connectivity index (χ0) is 18.7. The molecule has 0 radical (unpaired) electrons. The fourth-order valence-corrected chi connectivity index (χ4v) is 4.00. The number of esters is 1. The van der Waals surface area contributed by atoms with Crippen molar-refractivity contribution in [1.29, 1.82) is 0 Å². The second-order valence-electron chi connectivity index (χ2n) is 6.79. The Hall–Kier alpha value is -3.41. The third-order valence-corrected chi connectivity index (χ3v) is 5.28. The summed E-state index contributed by atoms with van der Waals surface area (Å²) in [7, 11) is 1.70. The van der Waals surface area contributed by atoms with Crippen LogP contribution in [0.5, 0.6) is 5.75 Å². The number of aryl methyl sites for hydroxylation is 1. The average molecular weight is 362 g/mol. The van der Waals surface area contributed by atoms with Gasteiger partial charge in [-0.1, -0.05) is 12.1 Å². The second-order valence-corrected chi connectivity index (χ2v) is 6.79. The number of pyridine rings is 1. The number of carbonyl (C=O) groups excluding carboxylic acids is 1. The molecule has 27 heavy (non-hydrogen) atoms. The minimum atomic E-state index is -0.500. The van der Waals surface area contributed by atoms with Gasteiger partial charge in [0.05, 0.1) is 17.5 Å².